The lowest BCUT2D eigenvalue weighted by molar-refractivity contribution is 0.631. The maximum atomic E-state index is 4.89. The topological polar surface area (TPSA) is 14.1 Å². The highest BCUT2D eigenvalue weighted by Crippen LogP contribution is 2.45. The molecule has 0 saturated carbocycles. The molecule has 1 radical (unpaired) electrons. The van der Waals surface area contributed by atoms with Gasteiger partial charge >= 0.3 is 0 Å². The average Bonchev–Trinajstić information content (AvgIpc) is 2.87. The second-order valence-corrected chi connectivity index (χ2v) is 6.05. The first-order valence-electron chi connectivity index (χ1n) is 8.25. The summed E-state index contributed by atoms with van der Waals surface area (Å²) in [6.45, 7) is 4.49. The van der Waals surface area contributed by atoms with Gasteiger partial charge in [0.25, 0.3) is 0 Å². The van der Waals surface area contributed by atoms with E-state index in [9.17, 15) is 0 Å². The van der Waals surface area contributed by atoms with Crippen molar-refractivity contribution >= 4 is 11.4 Å². The van der Waals surface area contributed by atoms with Crippen molar-refractivity contribution in [1.29, 1.82) is 0 Å². The van der Waals surface area contributed by atoms with Gasteiger partial charge in [-0.25, -0.2) is 5.32 Å². The van der Waals surface area contributed by atoms with Gasteiger partial charge in [0.15, 0.2) is 0 Å². The van der Waals surface area contributed by atoms with Crippen LogP contribution in [0.1, 0.15) is 50.2 Å². The number of hydrogen-bond donors (Lipinski definition) is 0. The standard InChI is InChI=1S/C20H24N/c1-3-4-5-6-7-10-16-15(2)13-14-18-17-11-8-9-12-19(17)21-20(16)18/h8-9,11-14H,3-7,10H2,1-2H3. The highest BCUT2D eigenvalue weighted by molar-refractivity contribution is 5.92. The van der Waals surface area contributed by atoms with Crippen molar-refractivity contribution in [3.63, 3.8) is 0 Å². The summed E-state index contributed by atoms with van der Waals surface area (Å²) < 4.78 is 0. The van der Waals surface area contributed by atoms with Crippen LogP contribution in [0.3, 0.4) is 0 Å². The number of benzene rings is 2. The zero-order valence-electron chi connectivity index (χ0n) is 13.2. The Hall–Kier alpha value is -1.76. The van der Waals surface area contributed by atoms with E-state index in [-0.39, 0.29) is 0 Å². The van der Waals surface area contributed by atoms with Gasteiger partial charge in [0.05, 0.1) is 11.4 Å². The molecule has 2 aromatic carbocycles. The van der Waals surface area contributed by atoms with Gasteiger partial charge in [-0.05, 0) is 37.0 Å². The summed E-state index contributed by atoms with van der Waals surface area (Å²) in [5, 5.41) is 4.89. The van der Waals surface area contributed by atoms with E-state index < -0.39 is 0 Å². The quantitative estimate of drug-likeness (QED) is 0.487. The van der Waals surface area contributed by atoms with Gasteiger partial charge in [0.1, 0.15) is 0 Å². The number of aryl methyl sites for hydroxylation is 1. The van der Waals surface area contributed by atoms with Gasteiger partial charge in [-0.3, -0.25) is 0 Å². The molecular weight excluding hydrogens is 254 g/mol. The van der Waals surface area contributed by atoms with Gasteiger partial charge in [0.2, 0.25) is 0 Å². The minimum absolute atomic E-state index is 1.13. The molecule has 1 heteroatoms. The molecule has 1 nitrogen and oxygen atoms in total. The SMILES string of the molecule is CCCCCCCc1c(C)ccc2c1[N]c1ccccc1-2. The van der Waals surface area contributed by atoms with Crippen molar-refractivity contribution < 1.29 is 0 Å². The Morgan fingerprint density at radius 3 is 2.52 bits per heavy atom. The maximum Gasteiger partial charge on any atom is 0.0750 e. The minimum atomic E-state index is 1.13. The average molecular weight is 278 g/mol. The Balaban J connectivity index is 1.80. The predicted molar refractivity (Wildman–Crippen MR) is 90.5 cm³/mol. The number of nitrogens with zero attached hydrogens (tertiary/aromatic N) is 1. The second-order valence-electron chi connectivity index (χ2n) is 6.05. The van der Waals surface area contributed by atoms with Crippen molar-refractivity contribution in [2.24, 2.45) is 0 Å². The molecule has 0 aromatic heterocycles. The normalized spacial score (nSPS) is 11.9. The molecule has 0 spiro atoms. The summed E-state index contributed by atoms with van der Waals surface area (Å²) in [6, 6.07) is 13.0. The number of fused-ring (bicyclic) bond motifs is 3. The first-order chi connectivity index (χ1) is 10.3. The third kappa shape index (κ3) is 2.83. The van der Waals surface area contributed by atoms with E-state index in [2.05, 4.69) is 50.2 Å². The Morgan fingerprint density at radius 2 is 1.67 bits per heavy atom. The molecule has 1 heterocycles. The fraction of sp³-hybridized carbons (Fsp3) is 0.400. The Bertz CT molecular complexity index is 628. The molecule has 1 aliphatic heterocycles. The van der Waals surface area contributed by atoms with E-state index in [4.69, 9.17) is 5.32 Å². The van der Waals surface area contributed by atoms with Crippen LogP contribution in [0.15, 0.2) is 36.4 Å². The van der Waals surface area contributed by atoms with Crippen molar-refractivity contribution in [2.45, 2.75) is 52.4 Å². The third-order valence-corrected chi connectivity index (χ3v) is 4.47. The van der Waals surface area contributed by atoms with Crippen molar-refractivity contribution in [2.75, 3.05) is 0 Å². The summed E-state index contributed by atoms with van der Waals surface area (Å²) in [5.74, 6) is 0. The molecule has 0 N–H and O–H groups in total. The zero-order chi connectivity index (χ0) is 14.7. The smallest absolute Gasteiger partial charge is 0.0750 e. The highest BCUT2D eigenvalue weighted by Gasteiger charge is 2.22. The fourth-order valence-corrected chi connectivity index (χ4v) is 3.22. The van der Waals surface area contributed by atoms with Crippen molar-refractivity contribution in [3.05, 3.63) is 47.5 Å². The number of para-hydroxylation sites is 1. The van der Waals surface area contributed by atoms with Crippen LogP contribution in [0, 0.1) is 6.92 Å². The van der Waals surface area contributed by atoms with Crippen LogP contribution in [0.25, 0.3) is 11.1 Å². The lowest BCUT2D eigenvalue weighted by Crippen LogP contribution is -1.96. The highest BCUT2D eigenvalue weighted by atomic mass is 14.9. The van der Waals surface area contributed by atoms with Crippen molar-refractivity contribution in [3.8, 4) is 11.1 Å². The molecule has 2 aromatic rings. The van der Waals surface area contributed by atoms with E-state index in [1.807, 2.05) is 0 Å². The van der Waals surface area contributed by atoms with E-state index in [0.717, 1.165) is 12.1 Å². The zero-order valence-corrected chi connectivity index (χ0v) is 13.2. The largest absolute Gasteiger partial charge is 0.247 e. The van der Waals surface area contributed by atoms with E-state index in [1.165, 1.54) is 60.0 Å². The van der Waals surface area contributed by atoms with Crippen LogP contribution in [0.2, 0.25) is 0 Å². The Labute approximate surface area is 128 Å². The molecule has 1 aliphatic rings. The predicted octanol–water partition coefficient (Wildman–Crippen LogP) is 6.06. The van der Waals surface area contributed by atoms with Gasteiger partial charge in [-0.1, -0.05) is 62.9 Å². The van der Waals surface area contributed by atoms with Crippen LogP contribution in [0.5, 0.6) is 0 Å². The molecule has 0 unspecified atom stereocenters. The van der Waals surface area contributed by atoms with E-state index in [1.54, 1.807) is 0 Å². The molecule has 0 aliphatic carbocycles. The lowest BCUT2D eigenvalue weighted by atomic mass is 9.95. The van der Waals surface area contributed by atoms with Gasteiger partial charge in [-0.15, -0.1) is 0 Å². The molecule has 0 saturated heterocycles. The monoisotopic (exact) mass is 278 g/mol. The summed E-state index contributed by atoms with van der Waals surface area (Å²) in [5.41, 5.74) is 7.82. The van der Waals surface area contributed by atoms with Gasteiger partial charge in [0, 0.05) is 11.1 Å². The molecule has 0 atom stereocenters. The molecule has 0 amide bonds. The molecule has 0 fully saturated rings. The first kappa shape index (κ1) is 14.2. The number of unbranched alkanes of at least 4 members (excludes halogenated alkanes) is 4. The van der Waals surface area contributed by atoms with E-state index in [0.29, 0.717) is 0 Å². The van der Waals surface area contributed by atoms with Crippen LogP contribution >= 0.6 is 0 Å². The lowest BCUT2D eigenvalue weighted by Gasteiger charge is -2.11. The van der Waals surface area contributed by atoms with Gasteiger partial charge < -0.3 is 0 Å². The summed E-state index contributed by atoms with van der Waals surface area (Å²) in [4.78, 5) is 0. The minimum Gasteiger partial charge on any atom is -0.247 e. The Morgan fingerprint density at radius 1 is 0.857 bits per heavy atom. The fourth-order valence-electron chi connectivity index (χ4n) is 3.22. The Kier molecular flexibility index (Phi) is 4.28. The first-order valence-corrected chi connectivity index (χ1v) is 8.25. The van der Waals surface area contributed by atoms with Crippen LogP contribution in [-0.4, -0.2) is 0 Å². The third-order valence-electron chi connectivity index (χ3n) is 4.47. The van der Waals surface area contributed by atoms with Crippen LogP contribution in [-0.2, 0) is 6.42 Å². The molecule has 21 heavy (non-hydrogen) atoms. The van der Waals surface area contributed by atoms with Crippen LogP contribution < -0.4 is 5.32 Å². The van der Waals surface area contributed by atoms with Gasteiger partial charge in [-0.2, -0.15) is 0 Å². The summed E-state index contributed by atoms with van der Waals surface area (Å²) in [6.07, 6.45) is 7.82. The van der Waals surface area contributed by atoms with Crippen LogP contribution in [0.4, 0.5) is 11.4 Å². The number of hydrogen-bond acceptors (Lipinski definition) is 0. The second kappa shape index (κ2) is 6.34. The summed E-state index contributed by atoms with van der Waals surface area (Å²) >= 11 is 0. The molecule has 0 bridgehead atoms. The van der Waals surface area contributed by atoms with Crippen molar-refractivity contribution in [1.82, 2.24) is 5.32 Å². The van der Waals surface area contributed by atoms with E-state index >= 15 is 0 Å². The number of rotatable bonds is 6. The maximum absolute atomic E-state index is 4.89. The summed E-state index contributed by atoms with van der Waals surface area (Å²) in [7, 11) is 0. The molecule has 3 rings (SSSR count). The molecular formula is C20H24N. The molecule has 109 valence electrons.